The van der Waals surface area contributed by atoms with Crippen molar-refractivity contribution in [3.8, 4) is 0 Å². The molecule has 1 aromatic carbocycles. The molecule has 0 aromatic heterocycles. The van der Waals surface area contributed by atoms with E-state index in [0.717, 1.165) is 0 Å². The Balaban J connectivity index is 2.35. The molecular formula is C12H12F2O2. The third kappa shape index (κ3) is 1.32. The Hall–Kier alpha value is -1.45. The summed E-state index contributed by atoms with van der Waals surface area (Å²) >= 11 is 0. The number of benzene rings is 1. The predicted octanol–water partition coefficient (Wildman–Crippen LogP) is 2.90. The topological polar surface area (TPSA) is 37.3 Å². The second kappa shape index (κ2) is 3.27. The van der Waals surface area contributed by atoms with Crippen LogP contribution in [0.15, 0.2) is 30.3 Å². The lowest BCUT2D eigenvalue weighted by Gasteiger charge is -2.20. The molecule has 2 atom stereocenters. The van der Waals surface area contributed by atoms with Gasteiger partial charge in [-0.1, -0.05) is 37.3 Å². The average Bonchev–Trinajstić information content (AvgIpc) is 2.84. The summed E-state index contributed by atoms with van der Waals surface area (Å²) in [5.41, 5.74) is -1.27. The zero-order valence-corrected chi connectivity index (χ0v) is 8.78. The van der Waals surface area contributed by atoms with Crippen molar-refractivity contribution in [2.75, 3.05) is 0 Å². The van der Waals surface area contributed by atoms with E-state index in [1.165, 1.54) is 0 Å². The third-order valence-corrected chi connectivity index (χ3v) is 3.45. The smallest absolute Gasteiger partial charge is 0.316 e. The molecule has 0 aliphatic heterocycles. The zero-order valence-electron chi connectivity index (χ0n) is 8.78. The Morgan fingerprint density at radius 2 is 1.88 bits per heavy atom. The molecule has 2 nitrogen and oxygen atoms in total. The first kappa shape index (κ1) is 11.0. The van der Waals surface area contributed by atoms with Crippen molar-refractivity contribution in [3.05, 3.63) is 35.9 Å². The lowest BCUT2D eigenvalue weighted by Crippen LogP contribution is -2.28. The van der Waals surface area contributed by atoms with Crippen LogP contribution in [-0.4, -0.2) is 17.0 Å². The molecule has 1 aliphatic rings. The number of hydrogen-bond donors (Lipinski definition) is 1. The Bertz CT molecular complexity index is 416. The van der Waals surface area contributed by atoms with Gasteiger partial charge >= 0.3 is 5.97 Å². The van der Waals surface area contributed by atoms with Gasteiger partial charge in [0.15, 0.2) is 0 Å². The van der Waals surface area contributed by atoms with E-state index in [-0.39, 0.29) is 0 Å². The highest BCUT2D eigenvalue weighted by atomic mass is 19.3. The van der Waals surface area contributed by atoms with Gasteiger partial charge in [0, 0.05) is 12.3 Å². The highest BCUT2D eigenvalue weighted by molar-refractivity contribution is 5.82. The second-order valence-corrected chi connectivity index (χ2v) is 4.29. The lowest BCUT2D eigenvalue weighted by atomic mass is 9.84. The highest BCUT2D eigenvalue weighted by Gasteiger charge is 2.78. The molecule has 0 saturated heterocycles. The number of carboxylic acid groups (broad SMARTS) is 1. The first-order valence-corrected chi connectivity index (χ1v) is 5.08. The zero-order chi connectivity index (χ0) is 12.0. The fourth-order valence-corrected chi connectivity index (χ4v) is 2.22. The minimum Gasteiger partial charge on any atom is -0.481 e. The van der Waals surface area contributed by atoms with Crippen LogP contribution in [0, 0.1) is 5.41 Å². The summed E-state index contributed by atoms with van der Waals surface area (Å²) in [4.78, 5) is 11.0. The van der Waals surface area contributed by atoms with Crippen molar-refractivity contribution in [1.82, 2.24) is 0 Å². The number of hydrogen-bond acceptors (Lipinski definition) is 1. The number of halogens is 2. The molecule has 1 aromatic rings. The van der Waals surface area contributed by atoms with Crippen molar-refractivity contribution in [3.63, 3.8) is 0 Å². The number of rotatable bonds is 3. The van der Waals surface area contributed by atoms with E-state index in [1.807, 2.05) is 0 Å². The summed E-state index contributed by atoms with van der Waals surface area (Å²) in [6.07, 6.45) is -0.564. The van der Waals surface area contributed by atoms with Gasteiger partial charge in [-0.25, -0.2) is 8.78 Å². The molecule has 0 spiro atoms. The summed E-state index contributed by atoms with van der Waals surface area (Å²) in [7, 11) is 0. The molecule has 0 bridgehead atoms. The Morgan fingerprint density at radius 1 is 1.38 bits per heavy atom. The van der Waals surface area contributed by atoms with Gasteiger partial charge in [0.2, 0.25) is 0 Å². The quantitative estimate of drug-likeness (QED) is 0.860. The van der Waals surface area contributed by atoms with E-state index in [9.17, 15) is 13.6 Å². The van der Waals surface area contributed by atoms with Crippen molar-refractivity contribution in [2.45, 2.75) is 25.2 Å². The van der Waals surface area contributed by atoms with Crippen LogP contribution < -0.4 is 0 Å². The monoisotopic (exact) mass is 226 g/mol. The van der Waals surface area contributed by atoms with Crippen LogP contribution in [0.3, 0.4) is 0 Å². The molecule has 1 aliphatic carbocycles. The number of alkyl halides is 2. The molecular weight excluding hydrogens is 214 g/mol. The molecule has 0 heterocycles. The fraction of sp³-hybridized carbons (Fsp3) is 0.417. The van der Waals surface area contributed by atoms with Gasteiger partial charge in [0.1, 0.15) is 5.41 Å². The highest BCUT2D eigenvalue weighted by Crippen LogP contribution is 2.67. The second-order valence-electron chi connectivity index (χ2n) is 4.29. The molecule has 1 fully saturated rings. The molecule has 86 valence electrons. The van der Waals surface area contributed by atoms with Crippen LogP contribution in [0.5, 0.6) is 0 Å². The van der Waals surface area contributed by atoms with Crippen LogP contribution in [0.4, 0.5) is 8.78 Å². The van der Waals surface area contributed by atoms with Gasteiger partial charge in [-0.3, -0.25) is 4.79 Å². The van der Waals surface area contributed by atoms with Gasteiger partial charge in [-0.2, -0.15) is 0 Å². The Kier molecular flexibility index (Phi) is 2.26. The maximum atomic E-state index is 13.3. The summed E-state index contributed by atoms with van der Waals surface area (Å²) in [5.74, 6) is -5.18. The van der Waals surface area contributed by atoms with Gasteiger partial charge in [0.25, 0.3) is 5.92 Å². The maximum absolute atomic E-state index is 13.3. The maximum Gasteiger partial charge on any atom is 0.316 e. The summed E-state index contributed by atoms with van der Waals surface area (Å²) in [6, 6.07) is 8.59. The van der Waals surface area contributed by atoms with E-state index in [0.29, 0.717) is 5.56 Å². The first-order valence-electron chi connectivity index (χ1n) is 5.08. The molecule has 2 rings (SSSR count). The third-order valence-electron chi connectivity index (χ3n) is 3.45. The largest absolute Gasteiger partial charge is 0.481 e. The van der Waals surface area contributed by atoms with Crippen LogP contribution in [0.25, 0.3) is 0 Å². The number of aliphatic carboxylic acids is 1. The van der Waals surface area contributed by atoms with Crippen LogP contribution in [0.2, 0.25) is 0 Å². The SMILES string of the molecule is CC(c1ccccc1)[C@]1(C(=O)O)CC1(F)F. The molecule has 1 unspecified atom stereocenters. The predicted molar refractivity (Wildman–Crippen MR) is 54.5 cm³/mol. The van der Waals surface area contributed by atoms with Crippen molar-refractivity contribution in [1.29, 1.82) is 0 Å². The minimum atomic E-state index is -3.09. The fourth-order valence-electron chi connectivity index (χ4n) is 2.22. The molecule has 16 heavy (non-hydrogen) atoms. The van der Waals surface area contributed by atoms with Crippen LogP contribution in [0.1, 0.15) is 24.8 Å². The van der Waals surface area contributed by atoms with Gasteiger partial charge in [-0.05, 0) is 5.56 Å². The van der Waals surface area contributed by atoms with Crippen molar-refractivity contribution < 1.29 is 18.7 Å². The molecule has 0 amide bonds. The Morgan fingerprint density at radius 3 is 2.25 bits per heavy atom. The minimum absolute atomic E-state index is 0.564. The normalized spacial score (nSPS) is 28.4. The Labute approximate surface area is 91.9 Å². The molecule has 1 N–H and O–H groups in total. The van der Waals surface area contributed by atoms with E-state index < -0.39 is 29.6 Å². The summed E-state index contributed by atoms with van der Waals surface area (Å²) in [5, 5.41) is 8.99. The average molecular weight is 226 g/mol. The van der Waals surface area contributed by atoms with Gasteiger partial charge in [0.05, 0.1) is 0 Å². The first-order chi connectivity index (χ1) is 7.42. The number of carboxylic acids is 1. The lowest BCUT2D eigenvalue weighted by molar-refractivity contribution is -0.148. The number of carbonyl (C=O) groups is 1. The van der Waals surface area contributed by atoms with Gasteiger partial charge in [-0.15, -0.1) is 0 Å². The van der Waals surface area contributed by atoms with Crippen LogP contribution in [-0.2, 0) is 4.79 Å². The van der Waals surface area contributed by atoms with Crippen molar-refractivity contribution >= 4 is 5.97 Å². The standard InChI is InChI=1S/C12H12F2O2/c1-8(9-5-3-2-4-6-9)11(10(15)16)7-12(11,13)14/h2-6,8H,7H2,1H3,(H,15,16)/t8?,11-/m0/s1. The summed E-state index contributed by atoms with van der Waals surface area (Å²) < 4.78 is 26.5. The van der Waals surface area contributed by atoms with E-state index >= 15 is 0 Å². The van der Waals surface area contributed by atoms with Gasteiger partial charge < -0.3 is 5.11 Å². The summed E-state index contributed by atoms with van der Waals surface area (Å²) in [6.45, 7) is 1.55. The molecule has 4 heteroatoms. The molecule has 0 radical (unpaired) electrons. The van der Waals surface area contributed by atoms with E-state index in [2.05, 4.69) is 0 Å². The van der Waals surface area contributed by atoms with Crippen molar-refractivity contribution in [2.24, 2.45) is 5.41 Å². The van der Waals surface area contributed by atoms with E-state index in [4.69, 9.17) is 5.11 Å². The molecule has 1 saturated carbocycles. The van der Waals surface area contributed by atoms with Crippen LogP contribution >= 0.6 is 0 Å². The van der Waals surface area contributed by atoms with E-state index in [1.54, 1.807) is 37.3 Å².